The molecule has 76 valence electrons. The molecule has 0 unspecified atom stereocenters. The molecule has 0 amide bonds. The number of nitrogen functional groups attached to an aromatic ring is 1. The van der Waals surface area contributed by atoms with E-state index in [1.54, 1.807) is 0 Å². The molecule has 0 spiro atoms. The highest BCUT2D eigenvalue weighted by Crippen LogP contribution is 2.26. The molecule has 4 nitrogen and oxygen atoms in total. The summed E-state index contributed by atoms with van der Waals surface area (Å²) >= 11 is 0. The monoisotopic (exact) mass is 201 g/mol. The summed E-state index contributed by atoms with van der Waals surface area (Å²) in [6.45, 7) is -0.0131. The van der Waals surface area contributed by atoms with Crippen LogP contribution < -0.4 is 11.5 Å². The summed E-state index contributed by atoms with van der Waals surface area (Å²) in [6.07, 6.45) is -2.40. The van der Waals surface area contributed by atoms with Crippen LogP contribution in [0.25, 0.3) is 0 Å². The Kier molecular flexibility index (Phi) is 3.08. The molecule has 0 bridgehead atoms. The SMILES string of the molecule is NCc1cc(C(F)F)c(N)c(C=O)n1. The average Bonchev–Trinajstić information content (AvgIpc) is 2.17. The van der Waals surface area contributed by atoms with Gasteiger partial charge in [0.05, 0.1) is 11.4 Å². The van der Waals surface area contributed by atoms with E-state index < -0.39 is 12.0 Å². The molecule has 0 aromatic carbocycles. The minimum absolute atomic E-state index is 0.0131. The van der Waals surface area contributed by atoms with E-state index in [4.69, 9.17) is 11.5 Å². The first-order valence-electron chi connectivity index (χ1n) is 3.82. The van der Waals surface area contributed by atoms with Crippen molar-refractivity contribution in [3.63, 3.8) is 0 Å². The van der Waals surface area contributed by atoms with Gasteiger partial charge in [-0.25, -0.2) is 13.8 Å². The average molecular weight is 201 g/mol. The van der Waals surface area contributed by atoms with Gasteiger partial charge in [-0.1, -0.05) is 0 Å². The Morgan fingerprint density at radius 2 is 2.21 bits per heavy atom. The van der Waals surface area contributed by atoms with E-state index in [0.717, 1.165) is 6.07 Å². The highest BCUT2D eigenvalue weighted by molar-refractivity contribution is 5.81. The second kappa shape index (κ2) is 4.10. The summed E-state index contributed by atoms with van der Waals surface area (Å²) in [6, 6.07) is 1.10. The molecule has 0 aliphatic rings. The summed E-state index contributed by atoms with van der Waals surface area (Å²) in [5.41, 5.74) is 9.87. The van der Waals surface area contributed by atoms with E-state index in [0.29, 0.717) is 6.29 Å². The zero-order valence-electron chi connectivity index (χ0n) is 7.21. The number of aromatic nitrogens is 1. The number of halogens is 2. The zero-order valence-corrected chi connectivity index (χ0v) is 7.21. The lowest BCUT2D eigenvalue weighted by Crippen LogP contribution is -2.08. The molecular formula is C8H9F2N3O. The molecule has 0 aliphatic carbocycles. The topological polar surface area (TPSA) is 82.0 Å². The Morgan fingerprint density at radius 1 is 1.57 bits per heavy atom. The van der Waals surface area contributed by atoms with E-state index in [2.05, 4.69) is 4.98 Å². The maximum Gasteiger partial charge on any atom is 0.265 e. The summed E-state index contributed by atoms with van der Waals surface area (Å²) in [5, 5.41) is 0. The second-order valence-corrected chi connectivity index (χ2v) is 2.62. The molecule has 0 radical (unpaired) electrons. The number of aldehydes is 1. The normalized spacial score (nSPS) is 10.6. The number of hydrogen-bond donors (Lipinski definition) is 2. The zero-order chi connectivity index (χ0) is 10.7. The van der Waals surface area contributed by atoms with Gasteiger partial charge in [0.2, 0.25) is 0 Å². The van der Waals surface area contributed by atoms with Gasteiger partial charge in [-0.3, -0.25) is 4.79 Å². The maximum atomic E-state index is 12.4. The lowest BCUT2D eigenvalue weighted by Gasteiger charge is -2.08. The maximum absolute atomic E-state index is 12.4. The van der Waals surface area contributed by atoms with Crippen LogP contribution in [0.15, 0.2) is 6.07 Å². The van der Waals surface area contributed by atoms with Gasteiger partial charge in [0.1, 0.15) is 5.69 Å². The van der Waals surface area contributed by atoms with Crippen LogP contribution in [0.2, 0.25) is 0 Å². The Labute approximate surface area is 78.9 Å². The van der Waals surface area contributed by atoms with Gasteiger partial charge >= 0.3 is 0 Å². The van der Waals surface area contributed by atoms with Crippen LogP contribution >= 0.6 is 0 Å². The van der Waals surface area contributed by atoms with Crippen LogP contribution in [-0.4, -0.2) is 11.3 Å². The standard InChI is InChI=1S/C8H9F2N3O/c9-8(10)5-1-4(2-11)13-6(3-14)7(5)12/h1,3,8H,2,11-12H2. The van der Waals surface area contributed by atoms with Crippen LogP contribution in [0.4, 0.5) is 14.5 Å². The largest absolute Gasteiger partial charge is 0.396 e. The summed E-state index contributed by atoms with van der Waals surface area (Å²) in [4.78, 5) is 14.1. The third-order valence-corrected chi connectivity index (χ3v) is 1.73. The summed E-state index contributed by atoms with van der Waals surface area (Å²) in [7, 11) is 0. The van der Waals surface area contributed by atoms with Gasteiger partial charge in [0.25, 0.3) is 6.43 Å². The van der Waals surface area contributed by atoms with Crippen molar-refractivity contribution in [2.45, 2.75) is 13.0 Å². The van der Waals surface area contributed by atoms with Crippen LogP contribution in [0.3, 0.4) is 0 Å². The van der Waals surface area contributed by atoms with Crippen molar-refractivity contribution >= 4 is 12.0 Å². The Balaban J connectivity index is 3.34. The van der Waals surface area contributed by atoms with Gasteiger partial charge in [0, 0.05) is 12.1 Å². The number of nitrogens with two attached hydrogens (primary N) is 2. The van der Waals surface area contributed by atoms with Crippen molar-refractivity contribution in [3.05, 3.63) is 23.0 Å². The molecule has 1 aromatic heterocycles. The molecule has 1 heterocycles. The fourth-order valence-corrected chi connectivity index (χ4v) is 1.03. The van der Waals surface area contributed by atoms with Crippen LogP contribution in [-0.2, 0) is 6.54 Å². The number of carbonyl (C=O) groups is 1. The quantitative estimate of drug-likeness (QED) is 0.711. The third kappa shape index (κ3) is 1.85. The molecule has 1 aromatic rings. The first-order chi connectivity index (χ1) is 6.60. The van der Waals surface area contributed by atoms with Crippen molar-refractivity contribution in [1.29, 1.82) is 0 Å². The van der Waals surface area contributed by atoms with E-state index in [1.807, 2.05) is 0 Å². The molecule has 0 atom stereocenters. The van der Waals surface area contributed by atoms with Crippen molar-refractivity contribution in [3.8, 4) is 0 Å². The van der Waals surface area contributed by atoms with Crippen molar-refractivity contribution in [2.24, 2.45) is 5.73 Å². The molecule has 0 saturated carbocycles. The van der Waals surface area contributed by atoms with E-state index in [1.165, 1.54) is 0 Å². The minimum Gasteiger partial charge on any atom is -0.396 e. The van der Waals surface area contributed by atoms with E-state index >= 15 is 0 Å². The third-order valence-electron chi connectivity index (χ3n) is 1.73. The van der Waals surface area contributed by atoms with E-state index in [-0.39, 0.29) is 23.6 Å². The minimum atomic E-state index is -2.73. The lowest BCUT2D eigenvalue weighted by atomic mass is 10.1. The first kappa shape index (κ1) is 10.5. The van der Waals surface area contributed by atoms with Gasteiger partial charge < -0.3 is 11.5 Å². The lowest BCUT2D eigenvalue weighted by molar-refractivity contribution is 0.111. The first-order valence-corrected chi connectivity index (χ1v) is 3.82. The number of anilines is 1. The van der Waals surface area contributed by atoms with Gasteiger partial charge in [-0.05, 0) is 6.07 Å². The molecule has 0 fully saturated rings. The summed E-state index contributed by atoms with van der Waals surface area (Å²) < 4.78 is 24.8. The summed E-state index contributed by atoms with van der Waals surface area (Å²) in [5.74, 6) is 0. The van der Waals surface area contributed by atoms with Crippen LogP contribution in [0.1, 0.15) is 28.2 Å². The smallest absolute Gasteiger partial charge is 0.265 e. The van der Waals surface area contributed by atoms with E-state index in [9.17, 15) is 13.6 Å². The number of nitrogens with zero attached hydrogens (tertiary/aromatic N) is 1. The number of hydrogen-bond acceptors (Lipinski definition) is 4. The Hall–Kier alpha value is -1.56. The van der Waals surface area contributed by atoms with Gasteiger partial charge in [0.15, 0.2) is 6.29 Å². The predicted molar refractivity (Wildman–Crippen MR) is 46.9 cm³/mol. The highest BCUT2D eigenvalue weighted by atomic mass is 19.3. The fourth-order valence-electron chi connectivity index (χ4n) is 1.03. The molecule has 0 saturated heterocycles. The molecule has 6 heteroatoms. The van der Waals surface area contributed by atoms with Crippen LogP contribution in [0, 0.1) is 0 Å². The van der Waals surface area contributed by atoms with Gasteiger partial charge in [-0.15, -0.1) is 0 Å². The molecule has 1 rings (SSSR count). The highest BCUT2D eigenvalue weighted by Gasteiger charge is 2.16. The van der Waals surface area contributed by atoms with Crippen LogP contribution in [0.5, 0.6) is 0 Å². The molecule has 4 N–H and O–H groups in total. The number of pyridine rings is 1. The molecular weight excluding hydrogens is 192 g/mol. The molecule has 14 heavy (non-hydrogen) atoms. The van der Waals surface area contributed by atoms with Crippen molar-refractivity contribution in [1.82, 2.24) is 4.98 Å². The molecule has 0 aliphatic heterocycles. The Morgan fingerprint density at radius 3 is 2.64 bits per heavy atom. The Bertz CT molecular complexity index is 355. The van der Waals surface area contributed by atoms with Gasteiger partial charge in [-0.2, -0.15) is 0 Å². The number of carbonyl (C=O) groups excluding carboxylic acids is 1. The second-order valence-electron chi connectivity index (χ2n) is 2.62. The number of alkyl halides is 2. The van der Waals surface area contributed by atoms with Crippen molar-refractivity contribution in [2.75, 3.05) is 5.73 Å². The van der Waals surface area contributed by atoms with Crippen molar-refractivity contribution < 1.29 is 13.6 Å². The predicted octanol–water partition coefficient (Wildman–Crippen LogP) is 0.873. The fraction of sp³-hybridized carbons (Fsp3) is 0.250. The number of rotatable bonds is 3.